The van der Waals surface area contributed by atoms with Gasteiger partial charge in [-0.3, -0.25) is 14.1 Å². The average Bonchev–Trinajstić information content (AvgIpc) is 2.14. The van der Waals surface area contributed by atoms with Gasteiger partial charge in [0.2, 0.25) is 0 Å². The molecular formula is C10H11NO5S. The molecule has 1 aromatic rings. The Balaban J connectivity index is 3.35. The van der Waals surface area contributed by atoms with Gasteiger partial charge in [-0.15, -0.1) is 0 Å². The van der Waals surface area contributed by atoms with E-state index in [9.17, 15) is 18.0 Å². The fourth-order valence-electron chi connectivity index (χ4n) is 1.31. The number of Topliss-reactive ketones (excluding diaryl/α,β-unsaturated/α-hetero) is 2. The summed E-state index contributed by atoms with van der Waals surface area (Å²) in [4.78, 5) is 21.9. The second-order valence-electron chi connectivity index (χ2n) is 3.53. The van der Waals surface area contributed by atoms with Gasteiger partial charge in [0.25, 0.3) is 10.1 Å². The Morgan fingerprint density at radius 2 is 1.94 bits per heavy atom. The maximum Gasteiger partial charge on any atom is 0.295 e. The summed E-state index contributed by atoms with van der Waals surface area (Å²) in [5, 5.41) is 0. The molecule has 0 fully saturated rings. The summed E-state index contributed by atoms with van der Waals surface area (Å²) in [6.45, 7) is 1.21. The SMILES string of the molecule is CC(=O)CC(=O)c1cc(N)ccc1S(=O)(=O)O. The van der Waals surface area contributed by atoms with Gasteiger partial charge in [-0.2, -0.15) is 8.42 Å². The predicted octanol–water partition coefficient (Wildman–Crippen LogP) is 0.677. The van der Waals surface area contributed by atoms with E-state index in [1.165, 1.54) is 13.0 Å². The molecule has 0 unspecified atom stereocenters. The van der Waals surface area contributed by atoms with Gasteiger partial charge in [0.15, 0.2) is 5.78 Å². The van der Waals surface area contributed by atoms with Crippen LogP contribution >= 0.6 is 0 Å². The topological polar surface area (TPSA) is 115 Å². The highest BCUT2D eigenvalue weighted by Gasteiger charge is 2.21. The molecule has 6 nitrogen and oxygen atoms in total. The van der Waals surface area contributed by atoms with E-state index in [2.05, 4.69) is 0 Å². The van der Waals surface area contributed by atoms with Crippen LogP contribution in [0.1, 0.15) is 23.7 Å². The van der Waals surface area contributed by atoms with Crippen LogP contribution in [0.2, 0.25) is 0 Å². The molecule has 7 heteroatoms. The molecule has 0 aliphatic heterocycles. The first kappa shape index (κ1) is 13.3. The normalized spacial score (nSPS) is 11.2. The molecule has 0 aromatic heterocycles. The van der Waals surface area contributed by atoms with Crippen molar-refractivity contribution in [1.29, 1.82) is 0 Å². The van der Waals surface area contributed by atoms with E-state index in [-0.39, 0.29) is 11.3 Å². The quantitative estimate of drug-likeness (QED) is 0.354. The Morgan fingerprint density at radius 1 is 1.35 bits per heavy atom. The summed E-state index contributed by atoms with van der Waals surface area (Å²) in [5.41, 5.74) is 5.32. The third kappa shape index (κ3) is 3.36. The highest BCUT2D eigenvalue weighted by Crippen LogP contribution is 2.20. The van der Waals surface area contributed by atoms with Crippen LogP contribution in [0.5, 0.6) is 0 Å². The molecule has 0 atom stereocenters. The summed E-state index contributed by atoms with van der Waals surface area (Å²) in [5.74, 6) is -1.10. The van der Waals surface area contributed by atoms with Crippen molar-refractivity contribution in [3.8, 4) is 0 Å². The summed E-state index contributed by atoms with van der Waals surface area (Å²) >= 11 is 0. The fraction of sp³-hybridized carbons (Fsp3) is 0.200. The minimum absolute atomic E-state index is 0.171. The molecule has 1 aromatic carbocycles. The predicted molar refractivity (Wildman–Crippen MR) is 60.3 cm³/mol. The summed E-state index contributed by atoms with van der Waals surface area (Å²) in [6.07, 6.45) is -0.439. The van der Waals surface area contributed by atoms with Crippen LogP contribution in [0, 0.1) is 0 Å². The Kier molecular flexibility index (Phi) is 3.64. The molecule has 1 rings (SSSR count). The molecule has 0 saturated carbocycles. The van der Waals surface area contributed by atoms with Crippen molar-refractivity contribution >= 4 is 27.4 Å². The standard InChI is InChI=1S/C10H11NO5S/c1-6(12)4-9(13)8-5-7(11)2-3-10(8)17(14,15)16/h2-3,5H,4,11H2,1H3,(H,14,15,16). The van der Waals surface area contributed by atoms with E-state index in [1.54, 1.807) is 0 Å². The van der Waals surface area contributed by atoms with E-state index in [0.717, 1.165) is 12.1 Å². The second-order valence-corrected chi connectivity index (χ2v) is 4.92. The number of nitrogens with two attached hydrogens (primary N) is 1. The lowest BCUT2D eigenvalue weighted by Crippen LogP contribution is -2.11. The van der Waals surface area contributed by atoms with Crippen LogP contribution in [0.4, 0.5) is 5.69 Å². The van der Waals surface area contributed by atoms with Crippen molar-refractivity contribution in [2.75, 3.05) is 5.73 Å². The lowest BCUT2D eigenvalue weighted by molar-refractivity contribution is -0.116. The number of benzene rings is 1. The minimum Gasteiger partial charge on any atom is -0.399 e. The van der Waals surface area contributed by atoms with Crippen molar-refractivity contribution in [1.82, 2.24) is 0 Å². The van der Waals surface area contributed by atoms with E-state index in [0.29, 0.717) is 0 Å². The first-order valence-corrected chi connectivity index (χ1v) is 6.05. The van der Waals surface area contributed by atoms with Crippen molar-refractivity contribution in [3.63, 3.8) is 0 Å². The van der Waals surface area contributed by atoms with Crippen molar-refractivity contribution in [2.45, 2.75) is 18.2 Å². The fourth-order valence-corrected chi connectivity index (χ4v) is 2.00. The van der Waals surface area contributed by atoms with Crippen LogP contribution in [0.15, 0.2) is 23.1 Å². The minimum atomic E-state index is -4.52. The van der Waals surface area contributed by atoms with Crippen molar-refractivity contribution in [2.24, 2.45) is 0 Å². The molecule has 0 aliphatic rings. The maximum atomic E-state index is 11.6. The number of anilines is 1. The Bertz CT molecular complexity index is 576. The Hall–Kier alpha value is -1.73. The number of nitrogen functional groups attached to an aromatic ring is 1. The zero-order valence-electron chi connectivity index (χ0n) is 9.00. The first-order valence-electron chi connectivity index (χ1n) is 4.61. The molecule has 0 amide bonds. The maximum absolute atomic E-state index is 11.6. The molecule has 0 heterocycles. The van der Waals surface area contributed by atoms with Gasteiger partial charge >= 0.3 is 0 Å². The molecule has 92 valence electrons. The largest absolute Gasteiger partial charge is 0.399 e. The first-order chi connectivity index (χ1) is 7.71. The molecule has 0 saturated heterocycles. The van der Waals surface area contributed by atoms with E-state index >= 15 is 0 Å². The number of hydrogen-bond acceptors (Lipinski definition) is 5. The molecule has 0 bridgehead atoms. The van der Waals surface area contributed by atoms with Gasteiger partial charge in [-0.1, -0.05) is 0 Å². The number of carbonyl (C=O) groups excluding carboxylic acids is 2. The number of hydrogen-bond donors (Lipinski definition) is 2. The summed E-state index contributed by atoms with van der Waals surface area (Å²) in [7, 11) is -4.52. The van der Waals surface area contributed by atoms with Gasteiger partial charge < -0.3 is 5.73 Å². The van der Waals surface area contributed by atoms with Crippen molar-refractivity contribution in [3.05, 3.63) is 23.8 Å². The van der Waals surface area contributed by atoms with E-state index in [1.807, 2.05) is 0 Å². The van der Waals surface area contributed by atoms with E-state index in [4.69, 9.17) is 10.3 Å². The third-order valence-corrected chi connectivity index (χ3v) is 2.90. The highest BCUT2D eigenvalue weighted by atomic mass is 32.2. The zero-order valence-corrected chi connectivity index (χ0v) is 9.82. The van der Waals surface area contributed by atoms with Crippen LogP contribution in [0.25, 0.3) is 0 Å². The molecular weight excluding hydrogens is 246 g/mol. The molecule has 17 heavy (non-hydrogen) atoms. The molecule has 0 spiro atoms. The summed E-state index contributed by atoms with van der Waals surface area (Å²) < 4.78 is 31.0. The lowest BCUT2D eigenvalue weighted by Gasteiger charge is -2.06. The second kappa shape index (κ2) is 4.64. The van der Waals surface area contributed by atoms with Gasteiger partial charge in [-0.25, -0.2) is 0 Å². The molecule has 3 N–H and O–H groups in total. The van der Waals surface area contributed by atoms with E-state index < -0.39 is 33.0 Å². The highest BCUT2D eigenvalue weighted by molar-refractivity contribution is 7.86. The Labute approximate surface area is 98.2 Å². The van der Waals surface area contributed by atoms with Crippen LogP contribution in [-0.2, 0) is 14.9 Å². The van der Waals surface area contributed by atoms with Gasteiger partial charge in [0.05, 0.1) is 6.42 Å². The number of rotatable bonds is 4. The number of carbonyl (C=O) groups is 2. The van der Waals surface area contributed by atoms with Gasteiger partial charge in [-0.05, 0) is 25.1 Å². The van der Waals surface area contributed by atoms with Crippen LogP contribution < -0.4 is 5.73 Å². The molecule has 0 aliphatic carbocycles. The average molecular weight is 257 g/mol. The van der Waals surface area contributed by atoms with Crippen molar-refractivity contribution < 1.29 is 22.6 Å². The monoisotopic (exact) mass is 257 g/mol. The van der Waals surface area contributed by atoms with Crippen LogP contribution in [0.3, 0.4) is 0 Å². The Morgan fingerprint density at radius 3 is 2.41 bits per heavy atom. The zero-order chi connectivity index (χ0) is 13.2. The van der Waals surface area contributed by atoms with Gasteiger partial charge in [0.1, 0.15) is 10.7 Å². The van der Waals surface area contributed by atoms with Gasteiger partial charge in [0, 0.05) is 11.3 Å². The smallest absolute Gasteiger partial charge is 0.295 e. The molecule has 0 radical (unpaired) electrons. The van der Waals surface area contributed by atoms with Crippen LogP contribution in [-0.4, -0.2) is 24.5 Å². The number of ketones is 2. The summed E-state index contributed by atoms with van der Waals surface area (Å²) in [6, 6.07) is 3.39. The lowest BCUT2D eigenvalue weighted by atomic mass is 10.1. The third-order valence-electron chi connectivity index (χ3n) is 1.99.